The quantitative estimate of drug-likeness (QED) is 0.149. The van der Waals surface area contributed by atoms with E-state index in [0.717, 1.165) is 51.6 Å². The van der Waals surface area contributed by atoms with Gasteiger partial charge in [-0.1, -0.05) is 0 Å². The van der Waals surface area contributed by atoms with Gasteiger partial charge in [0.2, 0.25) is 0 Å². The average molecular weight is 635 g/mol. The van der Waals surface area contributed by atoms with E-state index in [-0.39, 0.29) is 18.8 Å². The van der Waals surface area contributed by atoms with E-state index in [0.29, 0.717) is 78.7 Å². The molecule has 1 rings (SSSR count). The van der Waals surface area contributed by atoms with Crippen LogP contribution in [0.1, 0.15) is 59.8 Å². The highest BCUT2D eigenvalue weighted by Crippen LogP contribution is 2.19. The van der Waals surface area contributed by atoms with Crippen LogP contribution >= 0.6 is 0 Å². The Morgan fingerprint density at radius 1 is 0.581 bits per heavy atom. The number of nitrogens with zero attached hydrogens (tertiary/aromatic N) is 4. The number of ether oxygens (including phenoxy) is 1. The van der Waals surface area contributed by atoms with Gasteiger partial charge in [-0.25, -0.2) is 0 Å². The van der Waals surface area contributed by atoms with Gasteiger partial charge >= 0.3 is 26.7 Å². The van der Waals surface area contributed by atoms with Crippen LogP contribution in [0, 0.1) is 0 Å². The molecule has 1 aliphatic heterocycles. The lowest BCUT2D eigenvalue weighted by atomic mass is 10.3. The van der Waals surface area contributed by atoms with Crippen LogP contribution in [0.2, 0.25) is 6.04 Å². The molecule has 1 aliphatic rings. The Morgan fingerprint density at radius 2 is 0.977 bits per heavy atom. The summed E-state index contributed by atoms with van der Waals surface area (Å²) in [5.41, 5.74) is 0. The Hall–Kier alpha value is -1.65. The third-order valence-electron chi connectivity index (χ3n) is 7.42. The molecule has 0 spiro atoms. The maximum Gasteiger partial charge on any atom is 0.500 e. The molecule has 2 N–H and O–H groups in total. The molecule has 0 atom stereocenters. The fourth-order valence-corrected chi connectivity index (χ4v) is 7.81. The Kier molecular flexibility index (Phi) is 21.7. The molecule has 43 heavy (non-hydrogen) atoms. The van der Waals surface area contributed by atoms with Crippen LogP contribution in [0.5, 0.6) is 0 Å². The summed E-state index contributed by atoms with van der Waals surface area (Å²) in [5, 5.41) is 18.6. The Labute approximate surface area is 259 Å². The van der Waals surface area contributed by atoms with Gasteiger partial charge in [0.25, 0.3) is 0 Å². The summed E-state index contributed by atoms with van der Waals surface area (Å²) in [7, 11) is -2.75. The molecule has 13 nitrogen and oxygen atoms in total. The molecule has 0 saturated carbocycles. The molecule has 1 fully saturated rings. The van der Waals surface area contributed by atoms with Crippen molar-refractivity contribution < 1.29 is 42.6 Å². The predicted molar refractivity (Wildman–Crippen MR) is 166 cm³/mol. The first-order valence-corrected chi connectivity index (χ1v) is 18.0. The molecule has 0 aromatic heterocycles. The summed E-state index contributed by atoms with van der Waals surface area (Å²) in [6.07, 6.45) is 2.17. The van der Waals surface area contributed by atoms with Crippen LogP contribution < -0.4 is 0 Å². The van der Waals surface area contributed by atoms with Gasteiger partial charge in [0.05, 0.1) is 25.9 Å². The highest BCUT2D eigenvalue weighted by Gasteiger charge is 2.39. The first-order valence-electron chi connectivity index (χ1n) is 16.1. The van der Waals surface area contributed by atoms with E-state index in [1.807, 2.05) is 20.8 Å². The second-order valence-electron chi connectivity index (χ2n) is 10.6. The van der Waals surface area contributed by atoms with Crippen molar-refractivity contribution in [3.05, 3.63) is 0 Å². The second kappa shape index (κ2) is 23.7. The Balaban J connectivity index is 3.03. The molecule has 14 heteroatoms. The van der Waals surface area contributed by atoms with Crippen molar-refractivity contribution in [3.63, 3.8) is 0 Å². The molecule has 1 saturated heterocycles. The van der Waals surface area contributed by atoms with Crippen molar-refractivity contribution in [3.8, 4) is 0 Å². The SMILES string of the molecule is CCOC(=O)CCN1CCCN(CCC[Si](OCC)(OCC)OCC)CCN(CCC(=O)O)CCN(CCC(=O)O)CC1. The van der Waals surface area contributed by atoms with Gasteiger partial charge < -0.3 is 47.8 Å². The van der Waals surface area contributed by atoms with Crippen LogP contribution in [0.25, 0.3) is 0 Å². The maximum atomic E-state index is 12.1. The van der Waals surface area contributed by atoms with Crippen molar-refractivity contribution >= 4 is 26.7 Å². The summed E-state index contributed by atoms with van der Waals surface area (Å²) in [4.78, 5) is 43.7. The fourth-order valence-electron chi connectivity index (χ4n) is 5.22. The number of esters is 1. The van der Waals surface area contributed by atoms with Crippen LogP contribution in [0.3, 0.4) is 0 Å². The molecule has 1 heterocycles. The van der Waals surface area contributed by atoms with E-state index >= 15 is 0 Å². The second-order valence-corrected chi connectivity index (χ2v) is 13.4. The van der Waals surface area contributed by atoms with Crippen LogP contribution in [0.4, 0.5) is 0 Å². The summed E-state index contributed by atoms with van der Waals surface area (Å²) in [6, 6.07) is 0.728. The summed E-state index contributed by atoms with van der Waals surface area (Å²) >= 11 is 0. The van der Waals surface area contributed by atoms with Gasteiger partial charge in [0.1, 0.15) is 0 Å². The minimum Gasteiger partial charge on any atom is -0.481 e. The lowest BCUT2D eigenvalue weighted by Crippen LogP contribution is -2.46. The zero-order valence-electron chi connectivity index (χ0n) is 27.1. The van der Waals surface area contributed by atoms with Crippen LogP contribution in [-0.4, -0.2) is 161 Å². The minimum atomic E-state index is -2.75. The predicted octanol–water partition coefficient (Wildman–Crippen LogP) is 1.94. The monoisotopic (exact) mass is 634 g/mol. The lowest BCUT2D eigenvalue weighted by Gasteiger charge is -2.31. The average Bonchev–Trinajstić information content (AvgIpc) is 2.96. The molecule has 0 aliphatic carbocycles. The molecule has 0 aromatic rings. The van der Waals surface area contributed by atoms with Crippen molar-refractivity contribution in [2.24, 2.45) is 0 Å². The van der Waals surface area contributed by atoms with Crippen LogP contribution in [0.15, 0.2) is 0 Å². The maximum absolute atomic E-state index is 12.1. The highest BCUT2D eigenvalue weighted by molar-refractivity contribution is 6.60. The fraction of sp³-hybridized carbons (Fsp3) is 0.897. The summed E-state index contributed by atoms with van der Waals surface area (Å²) < 4.78 is 23.3. The Bertz CT molecular complexity index is 763. The van der Waals surface area contributed by atoms with E-state index in [4.69, 9.17) is 18.0 Å². The molecule has 0 bridgehead atoms. The van der Waals surface area contributed by atoms with Crippen molar-refractivity contribution in [2.75, 3.05) is 105 Å². The van der Waals surface area contributed by atoms with E-state index in [1.54, 1.807) is 6.92 Å². The van der Waals surface area contributed by atoms with Gasteiger partial charge in [-0.2, -0.15) is 0 Å². The highest BCUT2D eigenvalue weighted by atomic mass is 28.4. The zero-order valence-corrected chi connectivity index (χ0v) is 28.1. The number of aliphatic carboxylic acids is 2. The third-order valence-corrected chi connectivity index (χ3v) is 10.6. The van der Waals surface area contributed by atoms with E-state index in [2.05, 4.69) is 19.6 Å². The number of rotatable bonds is 20. The van der Waals surface area contributed by atoms with E-state index in [9.17, 15) is 24.6 Å². The van der Waals surface area contributed by atoms with Gasteiger partial charge in [0, 0.05) is 84.8 Å². The molecule has 0 unspecified atom stereocenters. The smallest absolute Gasteiger partial charge is 0.481 e. The number of carboxylic acids is 2. The number of hydrogen-bond acceptors (Lipinski definition) is 11. The topological polar surface area (TPSA) is 142 Å². The van der Waals surface area contributed by atoms with Gasteiger partial charge in [-0.3, -0.25) is 14.4 Å². The molecular formula is C29H58N4O9Si. The Morgan fingerprint density at radius 3 is 1.37 bits per heavy atom. The number of carboxylic acid groups (broad SMARTS) is 2. The van der Waals surface area contributed by atoms with E-state index < -0.39 is 20.7 Å². The third kappa shape index (κ3) is 18.7. The molecule has 0 amide bonds. The minimum absolute atomic E-state index is 0.0434. The van der Waals surface area contributed by atoms with Gasteiger partial charge in [-0.15, -0.1) is 0 Å². The summed E-state index contributed by atoms with van der Waals surface area (Å²) in [5.74, 6) is -1.89. The first-order chi connectivity index (χ1) is 20.7. The standard InChI is InChI=1S/C29H58N4O9Si/c1-5-39-29(38)13-19-31-15-9-14-30(16-10-26-43(40-6-2,41-7-3)42-8-4)20-22-32(17-11-27(34)35)24-25-33(23-21-31)18-12-28(36)37/h5-26H2,1-4H3,(H,34,35)(H,36,37). The van der Waals surface area contributed by atoms with Gasteiger partial charge in [-0.05, 0) is 60.2 Å². The molecule has 0 radical (unpaired) electrons. The zero-order chi connectivity index (χ0) is 31.9. The van der Waals surface area contributed by atoms with Crippen molar-refractivity contribution in [1.29, 1.82) is 0 Å². The van der Waals surface area contributed by atoms with Crippen molar-refractivity contribution in [2.45, 2.75) is 65.8 Å². The molecule has 0 aromatic carbocycles. The number of hydrogen-bond donors (Lipinski definition) is 2. The first kappa shape index (κ1) is 39.4. The number of carbonyl (C=O) groups excluding carboxylic acids is 1. The largest absolute Gasteiger partial charge is 0.500 e. The summed E-state index contributed by atoms with van der Waals surface area (Å²) in [6.45, 7) is 17.8. The van der Waals surface area contributed by atoms with Crippen LogP contribution in [-0.2, 0) is 32.4 Å². The van der Waals surface area contributed by atoms with Gasteiger partial charge in [0.15, 0.2) is 0 Å². The number of carbonyl (C=O) groups is 3. The normalized spacial score (nSPS) is 17.6. The van der Waals surface area contributed by atoms with Crippen molar-refractivity contribution in [1.82, 2.24) is 19.6 Å². The lowest BCUT2D eigenvalue weighted by molar-refractivity contribution is -0.143. The van der Waals surface area contributed by atoms with E-state index in [1.165, 1.54) is 0 Å². The molecule has 252 valence electrons. The molecular weight excluding hydrogens is 576 g/mol.